The van der Waals surface area contributed by atoms with Crippen LogP contribution in [0.3, 0.4) is 0 Å². The lowest BCUT2D eigenvalue weighted by Gasteiger charge is -2.39. The van der Waals surface area contributed by atoms with Crippen LogP contribution in [0.25, 0.3) is 0 Å². The van der Waals surface area contributed by atoms with Gasteiger partial charge < -0.3 is 19.6 Å². The summed E-state index contributed by atoms with van der Waals surface area (Å²) in [4.78, 5) is 76.3. The number of aromatic nitrogens is 1. The van der Waals surface area contributed by atoms with Crippen LogP contribution in [0.1, 0.15) is 34.7 Å². The van der Waals surface area contributed by atoms with E-state index in [-0.39, 0.29) is 46.9 Å². The van der Waals surface area contributed by atoms with Gasteiger partial charge in [-0.15, -0.1) is 0 Å². The van der Waals surface area contributed by atoms with Gasteiger partial charge in [0.15, 0.2) is 0 Å². The van der Waals surface area contributed by atoms with E-state index in [0.29, 0.717) is 52.4 Å². The highest BCUT2D eigenvalue weighted by Crippen LogP contribution is 2.29. The van der Waals surface area contributed by atoms with Crippen LogP contribution < -0.4 is 0 Å². The smallest absolute Gasteiger partial charge is 0.241 e. The Kier molecular flexibility index (Phi) is 6.97. The molecule has 1 aromatic rings. The second kappa shape index (κ2) is 9.95. The molecule has 1 aliphatic carbocycles. The van der Waals surface area contributed by atoms with Crippen molar-refractivity contribution in [3.63, 3.8) is 0 Å². The fraction of sp³-hybridized carbons (Fsp3) is 0.500. The van der Waals surface area contributed by atoms with Crippen molar-refractivity contribution in [1.29, 1.82) is 0 Å². The van der Waals surface area contributed by atoms with Gasteiger partial charge in [-0.1, -0.05) is 0 Å². The van der Waals surface area contributed by atoms with E-state index in [0.717, 1.165) is 0 Å². The number of rotatable bonds is 4. The summed E-state index contributed by atoms with van der Waals surface area (Å²) in [6, 6.07) is 3.14. The Bertz CT molecular complexity index is 1100. The SMILES string of the molecule is CC(=O)N1CCN(CC(=O)N(C)C2=C(N3CCN(C(C)=O)CC3)C(=O)c3ncccc3C2=O)CC1. The second-order valence-corrected chi connectivity index (χ2v) is 8.98. The van der Waals surface area contributed by atoms with Crippen LogP contribution in [0.5, 0.6) is 0 Å². The topological polar surface area (TPSA) is 114 Å². The highest BCUT2D eigenvalue weighted by Gasteiger charge is 2.40. The molecular formula is C24H30N6O5. The van der Waals surface area contributed by atoms with Crippen molar-refractivity contribution in [3.05, 3.63) is 41.0 Å². The fourth-order valence-corrected chi connectivity index (χ4v) is 4.72. The first-order valence-corrected chi connectivity index (χ1v) is 11.7. The molecule has 0 radical (unpaired) electrons. The van der Waals surface area contributed by atoms with Crippen LogP contribution in [0.4, 0.5) is 0 Å². The van der Waals surface area contributed by atoms with Crippen molar-refractivity contribution >= 4 is 29.3 Å². The van der Waals surface area contributed by atoms with Crippen molar-refractivity contribution in [2.45, 2.75) is 13.8 Å². The van der Waals surface area contributed by atoms with Gasteiger partial charge in [0.1, 0.15) is 17.1 Å². The molecule has 11 nitrogen and oxygen atoms in total. The molecule has 0 saturated carbocycles. The third kappa shape index (κ3) is 4.81. The molecule has 2 fully saturated rings. The molecular weight excluding hydrogens is 452 g/mol. The summed E-state index contributed by atoms with van der Waals surface area (Å²) in [5, 5.41) is 0. The summed E-state index contributed by atoms with van der Waals surface area (Å²) in [5.74, 6) is -1.18. The molecule has 186 valence electrons. The molecule has 0 spiro atoms. The normalized spacial score (nSPS) is 19.1. The molecule has 0 bridgehead atoms. The van der Waals surface area contributed by atoms with Gasteiger partial charge >= 0.3 is 0 Å². The number of hydrogen-bond donors (Lipinski definition) is 0. The lowest BCUT2D eigenvalue weighted by Crippen LogP contribution is -2.52. The molecule has 2 aliphatic heterocycles. The number of pyridine rings is 1. The zero-order valence-corrected chi connectivity index (χ0v) is 20.3. The highest BCUT2D eigenvalue weighted by molar-refractivity contribution is 6.26. The number of allylic oxidation sites excluding steroid dienone is 2. The zero-order valence-electron chi connectivity index (χ0n) is 20.3. The van der Waals surface area contributed by atoms with E-state index in [1.165, 1.54) is 32.0 Å². The minimum atomic E-state index is -0.422. The predicted molar refractivity (Wildman–Crippen MR) is 125 cm³/mol. The molecule has 0 aromatic carbocycles. The second-order valence-electron chi connectivity index (χ2n) is 8.98. The molecule has 3 aliphatic rings. The number of piperazine rings is 2. The summed E-state index contributed by atoms with van der Waals surface area (Å²) in [6.07, 6.45) is 1.47. The number of likely N-dealkylation sites (N-methyl/N-ethyl adjacent to an activating group) is 1. The fourth-order valence-electron chi connectivity index (χ4n) is 4.72. The third-order valence-corrected chi connectivity index (χ3v) is 6.85. The number of ketones is 2. The Morgan fingerprint density at radius 3 is 2.03 bits per heavy atom. The van der Waals surface area contributed by atoms with Gasteiger partial charge in [-0.05, 0) is 12.1 Å². The molecule has 0 atom stereocenters. The standard InChI is InChI=1S/C24H30N6O5/c1-16(31)28-9-7-27(8-10-28)15-19(33)26(3)21-22(30-13-11-29(12-14-30)17(2)32)24(35)20-18(23(21)34)5-4-6-25-20/h4-6H,7-15H2,1-3H3. The largest absolute Gasteiger partial charge is 0.363 e. The average molecular weight is 483 g/mol. The number of Topliss-reactive ketones (excluding diaryl/α,β-unsaturated/α-hetero) is 2. The van der Waals surface area contributed by atoms with Crippen LogP contribution in [-0.4, -0.2) is 125 Å². The number of amides is 3. The Morgan fingerprint density at radius 1 is 0.886 bits per heavy atom. The summed E-state index contributed by atoms with van der Waals surface area (Å²) < 4.78 is 0. The monoisotopic (exact) mass is 482 g/mol. The van der Waals surface area contributed by atoms with Gasteiger partial charge in [0.25, 0.3) is 0 Å². The molecule has 3 amide bonds. The quantitative estimate of drug-likeness (QED) is 0.562. The van der Waals surface area contributed by atoms with Gasteiger partial charge in [-0.25, -0.2) is 0 Å². The van der Waals surface area contributed by atoms with Gasteiger partial charge in [0.05, 0.1) is 12.1 Å². The summed E-state index contributed by atoms with van der Waals surface area (Å²) in [5.41, 5.74) is 0.445. The molecule has 35 heavy (non-hydrogen) atoms. The van der Waals surface area contributed by atoms with E-state index in [1.54, 1.807) is 26.8 Å². The molecule has 4 rings (SSSR count). The summed E-state index contributed by atoms with van der Waals surface area (Å²) in [6.45, 7) is 6.85. The first kappa shape index (κ1) is 24.5. The minimum Gasteiger partial charge on any atom is -0.363 e. The zero-order chi connectivity index (χ0) is 25.3. The third-order valence-electron chi connectivity index (χ3n) is 6.85. The Morgan fingerprint density at radius 2 is 1.46 bits per heavy atom. The van der Waals surface area contributed by atoms with Gasteiger partial charge in [0.2, 0.25) is 29.3 Å². The Balaban J connectivity index is 1.60. The lowest BCUT2D eigenvalue weighted by molar-refractivity contribution is -0.132. The molecule has 1 aromatic heterocycles. The van der Waals surface area contributed by atoms with Crippen LogP contribution in [0.2, 0.25) is 0 Å². The van der Waals surface area contributed by atoms with E-state index in [1.807, 2.05) is 4.90 Å². The Labute approximate surface area is 203 Å². The molecule has 0 N–H and O–H groups in total. The van der Waals surface area contributed by atoms with E-state index in [4.69, 9.17) is 0 Å². The van der Waals surface area contributed by atoms with E-state index in [9.17, 15) is 24.0 Å². The minimum absolute atomic E-state index is 0.00588. The lowest BCUT2D eigenvalue weighted by atomic mass is 9.92. The molecule has 0 unspecified atom stereocenters. The predicted octanol–water partition coefficient (Wildman–Crippen LogP) is -0.541. The van der Waals surface area contributed by atoms with E-state index < -0.39 is 11.6 Å². The average Bonchev–Trinajstić information content (AvgIpc) is 2.86. The van der Waals surface area contributed by atoms with Crippen LogP contribution in [0, 0.1) is 0 Å². The maximum atomic E-state index is 13.6. The van der Waals surface area contributed by atoms with Gasteiger partial charge in [-0.2, -0.15) is 0 Å². The maximum Gasteiger partial charge on any atom is 0.241 e. The number of nitrogens with zero attached hydrogens (tertiary/aromatic N) is 6. The van der Waals surface area contributed by atoms with E-state index >= 15 is 0 Å². The first-order chi connectivity index (χ1) is 16.7. The molecule has 2 saturated heterocycles. The maximum absolute atomic E-state index is 13.6. The van der Waals surface area contributed by atoms with Crippen molar-refractivity contribution in [3.8, 4) is 0 Å². The van der Waals surface area contributed by atoms with Crippen LogP contribution in [0.15, 0.2) is 29.7 Å². The van der Waals surface area contributed by atoms with Crippen molar-refractivity contribution in [2.24, 2.45) is 0 Å². The molecule has 3 heterocycles. The number of fused-ring (bicyclic) bond motifs is 1. The van der Waals surface area contributed by atoms with Crippen LogP contribution in [-0.2, 0) is 14.4 Å². The Hall–Kier alpha value is -3.60. The molecule has 11 heteroatoms. The van der Waals surface area contributed by atoms with Gasteiger partial charge in [-0.3, -0.25) is 33.9 Å². The van der Waals surface area contributed by atoms with Crippen molar-refractivity contribution in [1.82, 2.24) is 29.5 Å². The first-order valence-electron chi connectivity index (χ1n) is 11.7. The highest BCUT2D eigenvalue weighted by atomic mass is 16.2. The van der Waals surface area contributed by atoms with E-state index in [2.05, 4.69) is 4.98 Å². The number of carbonyl (C=O) groups is 5. The van der Waals surface area contributed by atoms with Crippen LogP contribution >= 0.6 is 0 Å². The van der Waals surface area contributed by atoms with Gasteiger partial charge in [0, 0.05) is 79.5 Å². The number of hydrogen-bond acceptors (Lipinski definition) is 8. The summed E-state index contributed by atoms with van der Waals surface area (Å²) >= 11 is 0. The van der Waals surface area contributed by atoms with Crippen molar-refractivity contribution in [2.75, 3.05) is 66.0 Å². The van der Waals surface area contributed by atoms with Crippen molar-refractivity contribution < 1.29 is 24.0 Å². The summed E-state index contributed by atoms with van der Waals surface area (Å²) in [7, 11) is 1.52. The number of carbonyl (C=O) groups excluding carboxylic acids is 5.